The summed E-state index contributed by atoms with van der Waals surface area (Å²) in [5, 5.41) is 63.8. The van der Waals surface area contributed by atoms with Crippen LogP contribution < -0.4 is 10.9 Å². The average molecular weight is 675 g/mol. The van der Waals surface area contributed by atoms with E-state index in [1.54, 1.807) is 32.1 Å². The van der Waals surface area contributed by atoms with Crippen LogP contribution in [0, 0.1) is 0 Å². The van der Waals surface area contributed by atoms with Crippen LogP contribution in [0.15, 0.2) is 109 Å². The summed E-state index contributed by atoms with van der Waals surface area (Å²) in [6.07, 6.45) is 6.51. The van der Waals surface area contributed by atoms with Crippen molar-refractivity contribution >= 4 is 21.9 Å². The molecule has 254 valence electrons. The van der Waals surface area contributed by atoms with Gasteiger partial charge in [0.2, 0.25) is 10.9 Å². The number of phenols is 6. The first kappa shape index (κ1) is 33.5. The molecule has 0 saturated carbocycles. The van der Waals surface area contributed by atoms with Crippen LogP contribution in [0.1, 0.15) is 50.3 Å². The van der Waals surface area contributed by atoms with Crippen LogP contribution in [-0.2, 0) is 6.42 Å². The second-order valence-corrected chi connectivity index (χ2v) is 12.7. The minimum absolute atomic E-state index is 0.0241. The first-order valence-electron chi connectivity index (χ1n) is 15.7. The molecule has 6 aromatic rings. The van der Waals surface area contributed by atoms with E-state index < -0.39 is 34.0 Å². The minimum atomic E-state index is -0.959. The molecule has 0 fully saturated rings. The Hall–Kier alpha value is -6.42. The van der Waals surface area contributed by atoms with E-state index in [0.717, 1.165) is 23.3 Å². The summed E-state index contributed by atoms with van der Waals surface area (Å²) in [5.74, 6) is -2.79. The molecule has 2 heterocycles. The molecule has 0 saturated heterocycles. The molecule has 0 aliphatic rings. The zero-order valence-electron chi connectivity index (χ0n) is 27.6. The van der Waals surface area contributed by atoms with E-state index in [4.69, 9.17) is 8.83 Å². The second-order valence-electron chi connectivity index (χ2n) is 12.7. The second kappa shape index (κ2) is 12.9. The van der Waals surface area contributed by atoms with Gasteiger partial charge < -0.3 is 39.5 Å². The Morgan fingerprint density at radius 1 is 0.660 bits per heavy atom. The number of hydrogen-bond donors (Lipinski definition) is 6. The fourth-order valence-corrected chi connectivity index (χ4v) is 6.08. The molecule has 4 aromatic carbocycles. The molecule has 50 heavy (non-hydrogen) atoms. The third kappa shape index (κ3) is 6.03. The Labute approximate surface area is 285 Å². The molecule has 0 aliphatic carbocycles. The van der Waals surface area contributed by atoms with Crippen LogP contribution in [0.3, 0.4) is 0 Å². The zero-order valence-corrected chi connectivity index (χ0v) is 27.6. The van der Waals surface area contributed by atoms with Gasteiger partial charge >= 0.3 is 0 Å². The van der Waals surface area contributed by atoms with Gasteiger partial charge in [-0.3, -0.25) is 9.59 Å². The number of rotatable bonds is 7. The van der Waals surface area contributed by atoms with Crippen LogP contribution in [0.25, 0.3) is 44.2 Å². The molecule has 1 unspecified atom stereocenters. The first-order valence-corrected chi connectivity index (χ1v) is 15.7. The van der Waals surface area contributed by atoms with Gasteiger partial charge in [0.05, 0.1) is 11.1 Å². The predicted octanol–water partition coefficient (Wildman–Crippen LogP) is 8.07. The van der Waals surface area contributed by atoms with Crippen molar-refractivity contribution in [2.45, 2.75) is 40.0 Å². The molecule has 10 heteroatoms. The highest BCUT2D eigenvalue weighted by molar-refractivity contribution is 5.92. The number of hydrogen-bond acceptors (Lipinski definition) is 10. The largest absolute Gasteiger partial charge is 0.508 e. The third-order valence-corrected chi connectivity index (χ3v) is 8.49. The lowest BCUT2D eigenvalue weighted by molar-refractivity contribution is 0.444. The van der Waals surface area contributed by atoms with Crippen molar-refractivity contribution in [3.8, 4) is 56.8 Å². The molecular weight excluding hydrogens is 640 g/mol. The van der Waals surface area contributed by atoms with Gasteiger partial charge in [0, 0.05) is 35.2 Å². The lowest BCUT2D eigenvalue weighted by atomic mass is 9.85. The van der Waals surface area contributed by atoms with Gasteiger partial charge in [-0.2, -0.15) is 0 Å². The van der Waals surface area contributed by atoms with E-state index in [2.05, 4.69) is 0 Å². The molecule has 0 spiro atoms. The maximum absolute atomic E-state index is 14.0. The van der Waals surface area contributed by atoms with Gasteiger partial charge in [0.25, 0.3) is 0 Å². The molecule has 0 bridgehead atoms. The lowest BCUT2D eigenvalue weighted by Crippen LogP contribution is -2.09. The van der Waals surface area contributed by atoms with E-state index in [1.807, 2.05) is 19.9 Å². The molecular formula is C40H34O10. The molecule has 6 N–H and O–H groups in total. The maximum atomic E-state index is 14.0. The standard InChI is InChI=1S/C40H34O10/c1-19(2)5-6-23-12-21(7-9-29(23)42)28-18-50-40-35(32(45)16-33(46)37(40)39(28)48)26(11-20(3)4)25-13-22(8-10-30(25)43)27-17-49-34-15-24(41)14-31(44)36(34)38(27)47/h5,7-18,26,41-46H,6H2,1-4H3. The minimum Gasteiger partial charge on any atom is -0.508 e. The van der Waals surface area contributed by atoms with Gasteiger partial charge in [-0.05, 0) is 75.1 Å². The normalized spacial score (nSPS) is 11.8. The van der Waals surface area contributed by atoms with Gasteiger partial charge in [0.15, 0.2) is 0 Å². The fourth-order valence-electron chi connectivity index (χ4n) is 6.08. The van der Waals surface area contributed by atoms with Gasteiger partial charge in [-0.25, -0.2) is 0 Å². The monoisotopic (exact) mass is 674 g/mol. The Bertz CT molecular complexity index is 2510. The highest BCUT2D eigenvalue weighted by Crippen LogP contribution is 2.45. The van der Waals surface area contributed by atoms with Crippen LogP contribution >= 0.6 is 0 Å². The topological polar surface area (TPSA) is 182 Å². The van der Waals surface area contributed by atoms with Gasteiger partial charge in [-0.15, -0.1) is 0 Å². The van der Waals surface area contributed by atoms with Crippen molar-refractivity contribution in [2.75, 3.05) is 0 Å². The van der Waals surface area contributed by atoms with E-state index in [9.17, 15) is 40.2 Å². The fraction of sp³-hybridized carbons (Fsp3) is 0.150. The summed E-state index contributed by atoms with van der Waals surface area (Å²) >= 11 is 0. The van der Waals surface area contributed by atoms with Crippen molar-refractivity contribution < 1.29 is 39.5 Å². The molecule has 2 aromatic heterocycles. The Balaban J connectivity index is 1.55. The summed E-state index contributed by atoms with van der Waals surface area (Å²) in [7, 11) is 0. The van der Waals surface area contributed by atoms with Crippen LogP contribution in [0.5, 0.6) is 34.5 Å². The van der Waals surface area contributed by atoms with E-state index in [0.29, 0.717) is 23.1 Å². The van der Waals surface area contributed by atoms with Crippen molar-refractivity contribution in [2.24, 2.45) is 0 Å². The summed E-state index contributed by atoms with van der Waals surface area (Å²) < 4.78 is 11.6. The highest BCUT2D eigenvalue weighted by atomic mass is 16.3. The zero-order chi connectivity index (χ0) is 36.0. The summed E-state index contributed by atoms with van der Waals surface area (Å²) in [4.78, 5) is 27.6. The first-order chi connectivity index (χ1) is 23.7. The van der Waals surface area contributed by atoms with Crippen molar-refractivity contribution in [3.63, 3.8) is 0 Å². The Kier molecular flexibility index (Phi) is 8.63. The number of allylic oxidation sites excluding steroid dienone is 4. The number of fused-ring (bicyclic) bond motifs is 2. The predicted molar refractivity (Wildman–Crippen MR) is 190 cm³/mol. The third-order valence-electron chi connectivity index (χ3n) is 8.49. The molecule has 0 amide bonds. The number of benzene rings is 4. The summed E-state index contributed by atoms with van der Waals surface area (Å²) in [5.41, 5.74) is 2.29. The van der Waals surface area contributed by atoms with Crippen LogP contribution in [0.2, 0.25) is 0 Å². The van der Waals surface area contributed by atoms with E-state index in [-0.39, 0.29) is 61.4 Å². The van der Waals surface area contributed by atoms with Crippen LogP contribution in [-0.4, -0.2) is 30.6 Å². The van der Waals surface area contributed by atoms with Crippen molar-refractivity contribution in [3.05, 3.63) is 128 Å². The van der Waals surface area contributed by atoms with Gasteiger partial charge in [0.1, 0.15) is 69.0 Å². The summed E-state index contributed by atoms with van der Waals surface area (Å²) in [6, 6.07) is 12.4. The summed E-state index contributed by atoms with van der Waals surface area (Å²) in [6.45, 7) is 7.48. The molecule has 6 rings (SSSR count). The van der Waals surface area contributed by atoms with Crippen LogP contribution in [0.4, 0.5) is 0 Å². The smallest absolute Gasteiger partial charge is 0.204 e. The molecule has 0 aliphatic heterocycles. The van der Waals surface area contributed by atoms with E-state index >= 15 is 0 Å². The molecule has 0 radical (unpaired) electrons. The number of aromatic hydroxyl groups is 6. The maximum Gasteiger partial charge on any atom is 0.204 e. The molecule has 1 atom stereocenters. The number of phenolic OH excluding ortho intramolecular Hbond substituents is 6. The SMILES string of the molecule is CC(C)=CCc1cc(-c2coc3c(C(C=C(C)C)c4cc(-c5coc6cc(O)cc(O)c6c5=O)ccc4O)c(O)cc(O)c3c2=O)ccc1O. The highest BCUT2D eigenvalue weighted by Gasteiger charge is 2.28. The average Bonchev–Trinajstić information content (AvgIpc) is 3.04. The van der Waals surface area contributed by atoms with E-state index in [1.165, 1.54) is 42.9 Å². The Morgan fingerprint density at radius 3 is 1.96 bits per heavy atom. The lowest BCUT2D eigenvalue weighted by Gasteiger charge is -2.20. The van der Waals surface area contributed by atoms with Gasteiger partial charge in [-0.1, -0.05) is 35.4 Å². The van der Waals surface area contributed by atoms with Crippen molar-refractivity contribution in [1.29, 1.82) is 0 Å². The Morgan fingerprint density at radius 2 is 1.28 bits per heavy atom. The quantitative estimate of drug-likeness (QED) is 0.0906. The van der Waals surface area contributed by atoms with Crippen molar-refractivity contribution in [1.82, 2.24) is 0 Å². The molecule has 10 nitrogen and oxygen atoms in total.